The van der Waals surface area contributed by atoms with E-state index in [1.54, 1.807) is 12.1 Å². The van der Waals surface area contributed by atoms with Crippen molar-refractivity contribution in [3.8, 4) is 5.75 Å². The molecule has 1 aromatic rings. The van der Waals surface area contributed by atoms with Crippen molar-refractivity contribution in [2.45, 2.75) is 33.1 Å². The molecule has 1 aliphatic rings. The van der Waals surface area contributed by atoms with Crippen molar-refractivity contribution in [3.05, 3.63) is 29.6 Å². The van der Waals surface area contributed by atoms with E-state index in [4.69, 9.17) is 16.4 Å². The first-order valence-electron chi connectivity index (χ1n) is 8.91. The standard InChI is InChI=1S/C18H26N4O4S/c1-13(2)10-17(23)22-9-5-6-14(11-22)12-26-16-8-4-7-15(18(16)20-3)21-27(19,24)25/h4,7-8,13-14,21H,5-6,9-12H2,1-2H3,(H2,19,24,25)/t14-/m1/s1. The van der Waals surface area contributed by atoms with E-state index in [0.717, 1.165) is 19.4 Å². The van der Waals surface area contributed by atoms with Crippen molar-refractivity contribution in [2.24, 2.45) is 17.0 Å². The lowest BCUT2D eigenvalue weighted by molar-refractivity contribution is -0.134. The SMILES string of the molecule is [C-]#[N+]c1c(NS(N)(=O)=O)cccc1OC[C@@H]1CCCN(C(=O)CC(C)C)C1. The molecule has 0 saturated carbocycles. The minimum atomic E-state index is -3.98. The van der Waals surface area contributed by atoms with Crippen LogP contribution in [0.3, 0.4) is 0 Å². The van der Waals surface area contributed by atoms with Gasteiger partial charge in [-0.25, -0.2) is 9.98 Å². The van der Waals surface area contributed by atoms with Gasteiger partial charge in [0.25, 0.3) is 15.9 Å². The van der Waals surface area contributed by atoms with Gasteiger partial charge in [-0.15, -0.1) is 0 Å². The summed E-state index contributed by atoms with van der Waals surface area (Å²) in [5.74, 6) is 0.952. The van der Waals surface area contributed by atoms with Crippen LogP contribution in [0.2, 0.25) is 0 Å². The number of para-hydroxylation sites is 1. The molecular formula is C18H26N4O4S. The molecule has 1 heterocycles. The fraction of sp³-hybridized carbons (Fsp3) is 0.556. The van der Waals surface area contributed by atoms with E-state index < -0.39 is 10.2 Å². The molecule has 9 heteroatoms. The predicted octanol–water partition coefficient (Wildman–Crippen LogP) is 2.52. The molecule has 1 aromatic carbocycles. The second-order valence-corrected chi connectivity index (χ2v) is 8.46. The van der Waals surface area contributed by atoms with Gasteiger partial charge in [0.15, 0.2) is 0 Å². The molecule has 1 aliphatic heterocycles. The molecular weight excluding hydrogens is 368 g/mol. The van der Waals surface area contributed by atoms with Crippen LogP contribution in [0.25, 0.3) is 4.85 Å². The number of nitrogens with two attached hydrogens (primary N) is 1. The number of piperidine rings is 1. The Morgan fingerprint density at radius 2 is 2.22 bits per heavy atom. The highest BCUT2D eigenvalue weighted by Crippen LogP contribution is 2.36. The summed E-state index contributed by atoms with van der Waals surface area (Å²) >= 11 is 0. The smallest absolute Gasteiger partial charge is 0.295 e. The Kier molecular flexibility index (Phi) is 7.05. The number of nitrogens with one attached hydrogen (secondary N) is 1. The highest BCUT2D eigenvalue weighted by Gasteiger charge is 2.25. The summed E-state index contributed by atoms with van der Waals surface area (Å²) in [6, 6.07) is 4.67. The molecule has 1 atom stereocenters. The Labute approximate surface area is 160 Å². The minimum absolute atomic E-state index is 0.0649. The highest BCUT2D eigenvalue weighted by molar-refractivity contribution is 7.90. The average Bonchev–Trinajstić information content (AvgIpc) is 2.58. The van der Waals surface area contributed by atoms with E-state index in [2.05, 4.69) is 9.57 Å². The van der Waals surface area contributed by atoms with Crippen molar-refractivity contribution in [2.75, 3.05) is 24.4 Å². The van der Waals surface area contributed by atoms with E-state index in [9.17, 15) is 13.2 Å². The number of ether oxygens (including phenoxy) is 1. The number of nitrogens with zero attached hydrogens (tertiary/aromatic N) is 2. The van der Waals surface area contributed by atoms with Crippen LogP contribution in [-0.2, 0) is 15.0 Å². The topological polar surface area (TPSA) is 106 Å². The summed E-state index contributed by atoms with van der Waals surface area (Å²) in [5.41, 5.74) is 0.150. The van der Waals surface area contributed by atoms with Gasteiger partial charge in [0.2, 0.25) is 5.91 Å². The molecule has 1 saturated heterocycles. The van der Waals surface area contributed by atoms with E-state index in [0.29, 0.717) is 31.2 Å². The number of carbonyl (C=O) groups is 1. The third-order valence-corrected chi connectivity index (χ3v) is 4.80. The van der Waals surface area contributed by atoms with E-state index in [1.807, 2.05) is 18.7 Å². The molecule has 3 N–H and O–H groups in total. The van der Waals surface area contributed by atoms with E-state index in [1.165, 1.54) is 6.07 Å². The van der Waals surface area contributed by atoms with Gasteiger partial charge >= 0.3 is 0 Å². The molecule has 0 aromatic heterocycles. The molecule has 2 rings (SSSR count). The molecule has 0 aliphatic carbocycles. The third kappa shape index (κ3) is 6.41. The van der Waals surface area contributed by atoms with Crippen LogP contribution in [0.4, 0.5) is 11.4 Å². The first-order chi connectivity index (χ1) is 12.7. The van der Waals surface area contributed by atoms with Gasteiger partial charge in [-0.1, -0.05) is 19.9 Å². The molecule has 148 valence electrons. The first-order valence-corrected chi connectivity index (χ1v) is 10.5. The fourth-order valence-corrected chi connectivity index (χ4v) is 3.57. The summed E-state index contributed by atoms with van der Waals surface area (Å²) in [7, 11) is -3.98. The monoisotopic (exact) mass is 394 g/mol. The van der Waals surface area contributed by atoms with E-state index >= 15 is 0 Å². The summed E-state index contributed by atoms with van der Waals surface area (Å²) in [6.45, 7) is 13.1. The summed E-state index contributed by atoms with van der Waals surface area (Å²) in [4.78, 5) is 17.5. The Morgan fingerprint density at radius 1 is 1.48 bits per heavy atom. The largest absolute Gasteiger partial charge is 0.504 e. The molecule has 0 unspecified atom stereocenters. The van der Waals surface area contributed by atoms with Crippen LogP contribution >= 0.6 is 0 Å². The van der Waals surface area contributed by atoms with Crippen LogP contribution in [0, 0.1) is 18.4 Å². The van der Waals surface area contributed by atoms with E-state index in [-0.39, 0.29) is 23.2 Å². The second-order valence-electron chi connectivity index (χ2n) is 7.17. The highest BCUT2D eigenvalue weighted by atomic mass is 32.2. The maximum Gasteiger partial charge on any atom is 0.295 e. The van der Waals surface area contributed by atoms with Crippen LogP contribution in [0.5, 0.6) is 5.75 Å². The molecule has 0 radical (unpaired) electrons. The van der Waals surface area contributed by atoms with Crippen molar-refractivity contribution in [1.29, 1.82) is 0 Å². The molecule has 27 heavy (non-hydrogen) atoms. The molecule has 0 bridgehead atoms. The Bertz CT molecular complexity index is 817. The minimum Gasteiger partial charge on any atom is -0.504 e. The number of hydrogen-bond donors (Lipinski definition) is 2. The van der Waals surface area contributed by atoms with Gasteiger partial charge < -0.3 is 9.64 Å². The van der Waals surface area contributed by atoms with Gasteiger partial charge in [-0.3, -0.25) is 9.52 Å². The predicted molar refractivity (Wildman–Crippen MR) is 104 cm³/mol. The van der Waals surface area contributed by atoms with Crippen molar-refractivity contribution in [3.63, 3.8) is 0 Å². The van der Waals surface area contributed by atoms with Gasteiger partial charge in [-0.05, 0) is 30.9 Å². The number of rotatable bonds is 7. The summed E-state index contributed by atoms with van der Waals surface area (Å²) in [5, 5.41) is 4.99. The Balaban J connectivity index is 2.03. The summed E-state index contributed by atoms with van der Waals surface area (Å²) in [6.07, 6.45) is 2.39. The number of amides is 1. The molecule has 1 amide bonds. The number of benzene rings is 1. The van der Waals surface area contributed by atoms with Crippen LogP contribution in [-0.4, -0.2) is 38.9 Å². The van der Waals surface area contributed by atoms with Crippen molar-refractivity contribution in [1.82, 2.24) is 4.90 Å². The maximum absolute atomic E-state index is 12.3. The molecule has 1 fully saturated rings. The normalized spacial score (nSPS) is 17.4. The number of anilines is 1. The summed E-state index contributed by atoms with van der Waals surface area (Å²) < 4.78 is 30.4. The first kappa shape index (κ1) is 21.0. The fourth-order valence-electron chi connectivity index (χ4n) is 3.10. The Morgan fingerprint density at radius 3 is 2.85 bits per heavy atom. The number of carbonyl (C=O) groups excluding carboxylic acids is 1. The zero-order valence-electron chi connectivity index (χ0n) is 15.6. The number of hydrogen-bond acceptors (Lipinski definition) is 4. The lowest BCUT2D eigenvalue weighted by Gasteiger charge is -2.33. The van der Waals surface area contributed by atoms with Gasteiger partial charge in [-0.2, -0.15) is 8.42 Å². The average molecular weight is 394 g/mol. The van der Waals surface area contributed by atoms with Crippen molar-refractivity contribution >= 4 is 27.5 Å². The maximum atomic E-state index is 12.3. The second kappa shape index (κ2) is 9.06. The Hall–Kier alpha value is -2.31. The molecule has 8 nitrogen and oxygen atoms in total. The lowest BCUT2D eigenvalue weighted by Crippen LogP contribution is -2.41. The molecule has 0 spiro atoms. The third-order valence-electron chi connectivity index (χ3n) is 4.29. The van der Waals surface area contributed by atoms with Crippen LogP contribution < -0.4 is 14.6 Å². The van der Waals surface area contributed by atoms with Gasteiger partial charge in [0, 0.05) is 25.4 Å². The zero-order chi connectivity index (χ0) is 20.0. The quantitative estimate of drug-likeness (QED) is 0.693. The van der Waals surface area contributed by atoms with Crippen LogP contribution in [0.15, 0.2) is 18.2 Å². The van der Waals surface area contributed by atoms with Crippen LogP contribution in [0.1, 0.15) is 33.1 Å². The van der Waals surface area contributed by atoms with Gasteiger partial charge in [0.05, 0.1) is 18.9 Å². The van der Waals surface area contributed by atoms with Crippen molar-refractivity contribution < 1.29 is 17.9 Å². The lowest BCUT2D eigenvalue weighted by atomic mass is 9.98. The zero-order valence-corrected chi connectivity index (χ0v) is 16.5. The van der Waals surface area contributed by atoms with Gasteiger partial charge in [0.1, 0.15) is 5.75 Å². The number of likely N-dealkylation sites (tertiary alicyclic amines) is 1.